The van der Waals surface area contributed by atoms with E-state index >= 15 is 0 Å². The molecule has 0 aliphatic carbocycles. The van der Waals surface area contributed by atoms with E-state index in [-0.39, 0.29) is 17.8 Å². The molecule has 1 aliphatic heterocycles. The molecule has 0 saturated carbocycles. The highest BCUT2D eigenvalue weighted by Gasteiger charge is 2.34. The minimum atomic E-state index is -0.592. The Hall–Kier alpha value is -2.48. The monoisotopic (exact) mass is 350 g/mol. The first-order valence-electron chi connectivity index (χ1n) is 7.30. The van der Waals surface area contributed by atoms with Gasteiger partial charge in [-0.15, -0.1) is 0 Å². The number of hydrogen-bond donors (Lipinski definition) is 1. The molecule has 8 heteroatoms. The van der Waals surface area contributed by atoms with Crippen molar-refractivity contribution in [1.82, 2.24) is 4.90 Å². The zero-order valence-electron chi connectivity index (χ0n) is 13.4. The number of ether oxygens (including phenoxy) is 2. The van der Waals surface area contributed by atoms with Crippen LogP contribution in [-0.4, -0.2) is 42.2 Å². The van der Waals surface area contributed by atoms with E-state index in [2.05, 4.69) is 0 Å². The highest BCUT2D eigenvalue weighted by molar-refractivity contribution is 8.18. The van der Waals surface area contributed by atoms with Crippen LogP contribution in [0.3, 0.4) is 0 Å². The van der Waals surface area contributed by atoms with Gasteiger partial charge in [-0.25, -0.2) is 0 Å². The number of rotatable bonds is 7. The van der Waals surface area contributed by atoms with E-state index in [0.29, 0.717) is 34.9 Å². The summed E-state index contributed by atoms with van der Waals surface area (Å²) in [7, 11) is 1.46. The molecule has 128 valence electrons. The molecule has 0 bridgehead atoms. The Labute approximate surface area is 143 Å². The molecule has 2 rings (SSSR count). The number of amides is 3. The fourth-order valence-corrected chi connectivity index (χ4v) is 2.97. The lowest BCUT2D eigenvalue weighted by Gasteiger charge is -2.10. The van der Waals surface area contributed by atoms with Gasteiger partial charge >= 0.3 is 0 Å². The van der Waals surface area contributed by atoms with Gasteiger partial charge in [-0.05, 0) is 42.0 Å². The Morgan fingerprint density at radius 1 is 1.33 bits per heavy atom. The number of hydrogen-bond acceptors (Lipinski definition) is 6. The van der Waals surface area contributed by atoms with E-state index in [0.717, 1.165) is 11.8 Å². The van der Waals surface area contributed by atoms with Crippen LogP contribution in [0.4, 0.5) is 4.79 Å². The normalized spacial score (nSPS) is 15.9. The number of imide groups is 1. The fourth-order valence-electron chi connectivity index (χ4n) is 2.11. The Balaban J connectivity index is 2.22. The quantitative estimate of drug-likeness (QED) is 0.755. The van der Waals surface area contributed by atoms with Crippen molar-refractivity contribution < 1.29 is 23.9 Å². The summed E-state index contributed by atoms with van der Waals surface area (Å²) >= 11 is 0.914. The first-order valence-corrected chi connectivity index (χ1v) is 8.12. The predicted molar refractivity (Wildman–Crippen MR) is 90.7 cm³/mol. The van der Waals surface area contributed by atoms with Crippen molar-refractivity contribution in [3.05, 3.63) is 28.7 Å². The van der Waals surface area contributed by atoms with Crippen LogP contribution in [0.25, 0.3) is 6.08 Å². The van der Waals surface area contributed by atoms with Gasteiger partial charge in [-0.3, -0.25) is 19.3 Å². The second-order valence-corrected chi connectivity index (χ2v) is 5.99. The van der Waals surface area contributed by atoms with Crippen molar-refractivity contribution in [2.45, 2.75) is 13.3 Å². The van der Waals surface area contributed by atoms with E-state index in [1.54, 1.807) is 24.3 Å². The van der Waals surface area contributed by atoms with Crippen LogP contribution in [0, 0.1) is 0 Å². The summed E-state index contributed by atoms with van der Waals surface area (Å²) in [6, 6.07) is 4.97. The summed E-state index contributed by atoms with van der Waals surface area (Å²) in [5, 5.41) is -0.263. The third-order valence-electron chi connectivity index (χ3n) is 3.18. The number of nitrogens with zero attached hydrogens (tertiary/aromatic N) is 1. The van der Waals surface area contributed by atoms with Crippen molar-refractivity contribution in [3.63, 3.8) is 0 Å². The topological polar surface area (TPSA) is 98.9 Å². The number of thioether (sulfide) groups is 1. The SMILES string of the molecule is CCCN1C(=O)S/C(=C/c2ccc(OCC(N)=O)c(OC)c2)C1=O. The maximum absolute atomic E-state index is 12.2. The van der Waals surface area contributed by atoms with Gasteiger partial charge in [0.2, 0.25) is 0 Å². The van der Waals surface area contributed by atoms with Crippen molar-refractivity contribution >= 4 is 34.9 Å². The summed E-state index contributed by atoms with van der Waals surface area (Å²) in [5.74, 6) is -0.115. The Morgan fingerprint density at radius 2 is 2.08 bits per heavy atom. The van der Waals surface area contributed by atoms with Gasteiger partial charge < -0.3 is 15.2 Å². The van der Waals surface area contributed by atoms with Gasteiger partial charge in [0.15, 0.2) is 18.1 Å². The molecule has 1 saturated heterocycles. The van der Waals surface area contributed by atoms with Gasteiger partial charge in [0.25, 0.3) is 17.1 Å². The summed E-state index contributed by atoms with van der Waals surface area (Å²) in [6.07, 6.45) is 2.34. The summed E-state index contributed by atoms with van der Waals surface area (Å²) in [6.45, 7) is 2.06. The van der Waals surface area contributed by atoms with Gasteiger partial charge in [0.1, 0.15) is 0 Å². The Kier molecular flexibility index (Phi) is 5.86. The zero-order chi connectivity index (χ0) is 17.7. The molecular formula is C16H18N2O5S. The molecule has 1 aromatic carbocycles. The van der Waals surface area contributed by atoms with Gasteiger partial charge in [0.05, 0.1) is 12.0 Å². The number of benzene rings is 1. The van der Waals surface area contributed by atoms with Crippen LogP contribution in [0.1, 0.15) is 18.9 Å². The Morgan fingerprint density at radius 3 is 2.71 bits per heavy atom. The summed E-state index contributed by atoms with van der Waals surface area (Å²) < 4.78 is 10.5. The second kappa shape index (κ2) is 7.87. The van der Waals surface area contributed by atoms with Gasteiger partial charge in [-0.2, -0.15) is 0 Å². The number of methoxy groups -OCH3 is 1. The Bertz CT molecular complexity index is 702. The molecule has 3 amide bonds. The molecule has 0 unspecified atom stereocenters. The molecule has 1 aromatic rings. The maximum Gasteiger partial charge on any atom is 0.293 e. The second-order valence-electron chi connectivity index (χ2n) is 5.00. The molecule has 1 aliphatic rings. The van der Waals surface area contributed by atoms with Crippen molar-refractivity contribution in [3.8, 4) is 11.5 Å². The van der Waals surface area contributed by atoms with Gasteiger partial charge in [-0.1, -0.05) is 13.0 Å². The lowest BCUT2D eigenvalue weighted by molar-refractivity contribution is -0.122. The molecule has 1 fully saturated rings. The highest BCUT2D eigenvalue weighted by Crippen LogP contribution is 2.34. The van der Waals surface area contributed by atoms with Crippen molar-refractivity contribution in [1.29, 1.82) is 0 Å². The lowest BCUT2D eigenvalue weighted by Crippen LogP contribution is -2.28. The van der Waals surface area contributed by atoms with Crippen LogP contribution in [0.15, 0.2) is 23.1 Å². The van der Waals surface area contributed by atoms with E-state index in [1.807, 2.05) is 6.92 Å². The molecule has 0 aromatic heterocycles. The van der Waals surface area contributed by atoms with E-state index < -0.39 is 5.91 Å². The van der Waals surface area contributed by atoms with E-state index in [4.69, 9.17) is 15.2 Å². The number of carbonyl (C=O) groups excluding carboxylic acids is 3. The molecule has 0 spiro atoms. The number of primary amides is 1. The molecule has 0 atom stereocenters. The fraction of sp³-hybridized carbons (Fsp3) is 0.312. The number of nitrogens with two attached hydrogens (primary N) is 1. The molecular weight excluding hydrogens is 332 g/mol. The smallest absolute Gasteiger partial charge is 0.293 e. The molecule has 2 N–H and O–H groups in total. The van der Waals surface area contributed by atoms with E-state index in [1.165, 1.54) is 12.0 Å². The first-order chi connectivity index (χ1) is 11.5. The standard InChI is InChI=1S/C16H18N2O5S/c1-3-6-18-15(20)13(24-16(18)21)8-10-4-5-11(12(7-10)22-2)23-9-14(17)19/h4-5,7-8H,3,6,9H2,1-2H3,(H2,17,19)/b13-8+. The molecule has 7 nitrogen and oxygen atoms in total. The third kappa shape index (κ3) is 4.08. The predicted octanol–water partition coefficient (Wildman–Crippen LogP) is 2.01. The van der Waals surface area contributed by atoms with Crippen molar-refractivity contribution in [2.75, 3.05) is 20.3 Å². The van der Waals surface area contributed by atoms with Crippen LogP contribution in [-0.2, 0) is 9.59 Å². The van der Waals surface area contributed by atoms with Crippen LogP contribution in [0.5, 0.6) is 11.5 Å². The zero-order valence-corrected chi connectivity index (χ0v) is 14.2. The lowest BCUT2D eigenvalue weighted by atomic mass is 10.2. The maximum atomic E-state index is 12.2. The van der Waals surface area contributed by atoms with Crippen LogP contribution < -0.4 is 15.2 Å². The average molecular weight is 350 g/mol. The average Bonchev–Trinajstić information content (AvgIpc) is 2.81. The molecule has 1 heterocycles. The summed E-state index contributed by atoms with van der Waals surface area (Å²) in [5.41, 5.74) is 5.73. The first kappa shape index (κ1) is 17.9. The van der Waals surface area contributed by atoms with E-state index in [9.17, 15) is 14.4 Å². The summed E-state index contributed by atoms with van der Waals surface area (Å²) in [4.78, 5) is 36.4. The minimum absolute atomic E-state index is 0.258. The van der Waals surface area contributed by atoms with Gasteiger partial charge in [0, 0.05) is 6.54 Å². The van der Waals surface area contributed by atoms with Crippen LogP contribution >= 0.6 is 11.8 Å². The highest BCUT2D eigenvalue weighted by atomic mass is 32.2. The third-order valence-corrected chi connectivity index (χ3v) is 4.08. The molecule has 0 radical (unpaired) electrons. The number of carbonyl (C=O) groups is 3. The molecule has 24 heavy (non-hydrogen) atoms. The van der Waals surface area contributed by atoms with Crippen LogP contribution in [0.2, 0.25) is 0 Å². The van der Waals surface area contributed by atoms with Crippen molar-refractivity contribution in [2.24, 2.45) is 5.73 Å². The largest absolute Gasteiger partial charge is 0.493 e. The minimum Gasteiger partial charge on any atom is -0.493 e.